The number of likely N-dealkylation sites (N-methyl/N-ethyl adjacent to an activating group) is 1. The Kier molecular flexibility index (Phi) is 6.99. The molecule has 1 fully saturated rings. The van der Waals surface area contributed by atoms with Crippen LogP contribution in [-0.2, 0) is 9.59 Å². The third-order valence-corrected chi connectivity index (χ3v) is 4.01. The first-order valence-corrected chi connectivity index (χ1v) is 7.77. The fourth-order valence-electron chi connectivity index (χ4n) is 2.94. The van der Waals surface area contributed by atoms with Crippen molar-refractivity contribution in [3.63, 3.8) is 0 Å². The van der Waals surface area contributed by atoms with Gasteiger partial charge < -0.3 is 16.0 Å². The van der Waals surface area contributed by atoms with Crippen LogP contribution in [0.4, 0.5) is 0 Å². The van der Waals surface area contributed by atoms with E-state index in [9.17, 15) is 9.59 Å². The third kappa shape index (κ3) is 4.78. The fourth-order valence-corrected chi connectivity index (χ4v) is 2.94. The van der Waals surface area contributed by atoms with Gasteiger partial charge in [-0.05, 0) is 46.1 Å². The van der Waals surface area contributed by atoms with Crippen molar-refractivity contribution in [2.45, 2.75) is 52.5 Å². The number of rotatable bonds is 6. The molecule has 0 aromatic carbocycles. The van der Waals surface area contributed by atoms with Gasteiger partial charge in [-0.15, -0.1) is 0 Å². The van der Waals surface area contributed by atoms with E-state index >= 15 is 0 Å². The van der Waals surface area contributed by atoms with Crippen molar-refractivity contribution in [3.05, 3.63) is 0 Å². The lowest BCUT2D eigenvalue weighted by Crippen LogP contribution is -2.47. The number of hydrogen-bond donors (Lipinski definition) is 2. The molecular formula is C15H29N3O2. The zero-order chi connectivity index (χ0) is 15.1. The molecule has 0 spiro atoms. The lowest BCUT2D eigenvalue weighted by Gasteiger charge is -2.33. The van der Waals surface area contributed by atoms with Gasteiger partial charge in [0.2, 0.25) is 11.8 Å². The molecule has 0 heterocycles. The predicted molar refractivity (Wildman–Crippen MR) is 80.0 cm³/mol. The average Bonchev–Trinajstić information content (AvgIpc) is 2.43. The molecule has 3 N–H and O–H groups in total. The molecule has 0 saturated heterocycles. The van der Waals surface area contributed by atoms with Crippen LogP contribution in [0.1, 0.15) is 46.5 Å². The van der Waals surface area contributed by atoms with Gasteiger partial charge in [0.1, 0.15) is 0 Å². The van der Waals surface area contributed by atoms with Crippen LogP contribution in [-0.4, -0.2) is 42.4 Å². The Bertz CT molecular complexity index is 331. The van der Waals surface area contributed by atoms with E-state index in [1.807, 2.05) is 20.8 Å². The summed E-state index contributed by atoms with van der Waals surface area (Å²) in [6.07, 6.45) is 4.18. The summed E-state index contributed by atoms with van der Waals surface area (Å²) in [5, 5.41) is 2.83. The lowest BCUT2D eigenvalue weighted by molar-refractivity contribution is -0.141. The Morgan fingerprint density at radius 3 is 2.50 bits per heavy atom. The highest BCUT2D eigenvalue weighted by atomic mass is 16.2. The van der Waals surface area contributed by atoms with Gasteiger partial charge in [0.15, 0.2) is 0 Å². The first kappa shape index (κ1) is 17.0. The van der Waals surface area contributed by atoms with Gasteiger partial charge >= 0.3 is 0 Å². The van der Waals surface area contributed by atoms with E-state index in [2.05, 4.69) is 5.32 Å². The van der Waals surface area contributed by atoms with Crippen LogP contribution in [0.3, 0.4) is 0 Å². The second kappa shape index (κ2) is 8.25. The van der Waals surface area contributed by atoms with E-state index < -0.39 is 0 Å². The minimum absolute atomic E-state index is 0.000509. The molecular weight excluding hydrogens is 254 g/mol. The summed E-state index contributed by atoms with van der Waals surface area (Å²) in [7, 11) is 0. The minimum Gasteiger partial charge on any atom is -0.352 e. The molecule has 0 aromatic rings. The van der Waals surface area contributed by atoms with Gasteiger partial charge in [0, 0.05) is 18.5 Å². The Balaban J connectivity index is 2.63. The molecule has 5 nitrogen and oxygen atoms in total. The molecule has 1 saturated carbocycles. The summed E-state index contributed by atoms with van der Waals surface area (Å²) in [6, 6.07) is 0.0998. The molecule has 0 aliphatic heterocycles. The quantitative estimate of drug-likeness (QED) is 0.767. The van der Waals surface area contributed by atoms with Gasteiger partial charge in [-0.3, -0.25) is 9.59 Å². The van der Waals surface area contributed by atoms with Crippen molar-refractivity contribution in [1.82, 2.24) is 10.2 Å². The predicted octanol–water partition coefficient (Wildman–Crippen LogP) is 1.12. The number of carbonyl (C=O) groups excluding carboxylic acids is 2. The molecule has 2 atom stereocenters. The van der Waals surface area contributed by atoms with Crippen molar-refractivity contribution in [2.75, 3.05) is 19.6 Å². The smallest absolute Gasteiger partial charge is 0.239 e. The van der Waals surface area contributed by atoms with Crippen molar-refractivity contribution in [1.29, 1.82) is 0 Å². The number of carbonyl (C=O) groups is 2. The van der Waals surface area contributed by atoms with Crippen LogP contribution in [0.5, 0.6) is 0 Å². The maximum absolute atomic E-state index is 12.6. The van der Waals surface area contributed by atoms with E-state index in [1.54, 1.807) is 4.90 Å². The summed E-state index contributed by atoms with van der Waals surface area (Å²) in [6.45, 7) is 7.04. The second-order valence-corrected chi connectivity index (χ2v) is 5.96. The summed E-state index contributed by atoms with van der Waals surface area (Å²) >= 11 is 0. The molecule has 1 aliphatic carbocycles. The molecule has 0 radical (unpaired) electrons. The van der Waals surface area contributed by atoms with Crippen LogP contribution < -0.4 is 11.1 Å². The molecule has 20 heavy (non-hydrogen) atoms. The zero-order valence-corrected chi connectivity index (χ0v) is 13.0. The van der Waals surface area contributed by atoms with Crippen molar-refractivity contribution in [3.8, 4) is 0 Å². The van der Waals surface area contributed by atoms with Gasteiger partial charge in [-0.25, -0.2) is 0 Å². The topological polar surface area (TPSA) is 75.4 Å². The summed E-state index contributed by atoms with van der Waals surface area (Å²) in [5.41, 5.74) is 5.79. The number of nitrogens with zero attached hydrogens (tertiary/aromatic N) is 1. The molecule has 2 unspecified atom stereocenters. The molecule has 1 rings (SSSR count). The minimum atomic E-state index is -0.0877. The van der Waals surface area contributed by atoms with Crippen LogP contribution in [0.15, 0.2) is 0 Å². The summed E-state index contributed by atoms with van der Waals surface area (Å²) in [4.78, 5) is 26.1. The maximum atomic E-state index is 12.6. The van der Waals surface area contributed by atoms with Crippen LogP contribution >= 0.6 is 0 Å². The molecule has 0 aromatic heterocycles. The Morgan fingerprint density at radius 2 is 1.95 bits per heavy atom. The van der Waals surface area contributed by atoms with Gasteiger partial charge in [-0.2, -0.15) is 0 Å². The third-order valence-electron chi connectivity index (χ3n) is 4.01. The van der Waals surface area contributed by atoms with Crippen LogP contribution in [0.25, 0.3) is 0 Å². The summed E-state index contributed by atoms with van der Waals surface area (Å²) in [5.74, 6) is 0.288. The number of nitrogens with two attached hydrogens (primary N) is 1. The van der Waals surface area contributed by atoms with Crippen molar-refractivity contribution >= 4 is 11.8 Å². The highest BCUT2D eigenvalue weighted by Crippen LogP contribution is 2.30. The van der Waals surface area contributed by atoms with Gasteiger partial charge in [0.25, 0.3) is 0 Å². The van der Waals surface area contributed by atoms with Crippen LogP contribution in [0, 0.1) is 11.8 Å². The van der Waals surface area contributed by atoms with Gasteiger partial charge in [0.05, 0.1) is 6.54 Å². The highest BCUT2D eigenvalue weighted by molar-refractivity contribution is 5.86. The van der Waals surface area contributed by atoms with E-state index in [1.165, 1.54) is 0 Å². The van der Waals surface area contributed by atoms with Crippen molar-refractivity contribution in [2.24, 2.45) is 17.6 Å². The molecule has 116 valence electrons. The number of nitrogens with one attached hydrogen (secondary N) is 1. The van der Waals surface area contributed by atoms with E-state index in [4.69, 9.17) is 5.73 Å². The largest absolute Gasteiger partial charge is 0.352 e. The first-order valence-electron chi connectivity index (χ1n) is 7.77. The molecule has 0 bridgehead atoms. The maximum Gasteiger partial charge on any atom is 0.239 e. The fraction of sp³-hybridized carbons (Fsp3) is 0.867. The number of hydrogen-bond acceptors (Lipinski definition) is 3. The summed E-state index contributed by atoms with van der Waals surface area (Å²) < 4.78 is 0. The lowest BCUT2D eigenvalue weighted by atomic mass is 9.78. The van der Waals surface area contributed by atoms with E-state index in [0.717, 1.165) is 25.7 Å². The Labute approximate surface area is 122 Å². The SMILES string of the molecule is CCN(CC(=O)NC(C)C)C(=O)C1CCCCC1CN. The molecule has 2 amide bonds. The monoisotopic (exact) mass is 283 g/mol. The normalized spacial score (nSPS) is 22.6. The Morgan fingerprint density at radius 1 is 1.30 bits per heavy atom. The van der Waals surface area contributed by atoms with Gasteiger partial charge in [-0.1, -0.05) is 12.8 Å². The first-order chi connectivity index (χ1) is 9.49. The van der Waals surface area contributed by atoms with E-state index in [0.29, 0.717) is 13.1 Å². The highest BCUT2D eigenvalue weighted by Gasteiger charge is 2.33. The van der Waals surface area contributed by atoms with Crippen LogP contribution in [0.2, 0.25) is 0 Å². The second-order valence-electron chi connectivity index (χ2n) is 5.96. The van der Waals surface area contributed by atoms with Crippen molar-refractivity contribution < 1.29 is 9.59 Å². The van der Waals surface area contributed by atoms with E-state index in [-0.39, 0.29) is 36.2 Å². The zero-order valence-electron chi connectivity index (χ0n) is 13.0. The standard InChI is InChI=1S/C15H29N3O2/c1-4-18(10-14(19)17-11(2)3)15(20)13-8-6-5-7-12(13)9-16/h11-13H,4-10,16H2,1-3H3,(H,17,19). The molecule has 5 heteroatoms. The molecule has 1 aliphatic rings. The Hall–Kier alpha value is -1.10. The number of amides is 2. The average molecular weight is 283 g/mol.